The van der Waals surface area contributed by atoms with Gasteiger partial charge in [-0.15, -0.1) is 12.6 Å². The largest absolute Gasteiger partial charge is 0.322 e. The van der Waals surface area contributed by atoms with E-state index in [-0.39, 0.29) is 5.91 Å². The molecule has 0 spiro atoms. The lowest BCUT2D eigenvalue weighted by Crippen LogP contribution is -2.12. The van der Waals surface area contributed by atoms with Crippen LogP contribution in [0.15, 0.2) is 51.8 Å². The van der Waals surface area contributed by atoms with Crippen LogP contribution in [0.25, 0.3) is 0 Å². The van der Waals surface area contributed by atoms with Gasteiger partial charge in [-0.05, 0) is 46.3 Å². The second-order valence-corrected chi connectivity index (χ2v) is 5.34. The number of hydrogen-bond acceptors (Lipinski definition) is 2. The lowest BCUT2D eigenvalue weighted by Gasteiger charge is -2.08. The van der Waals surface area contributed by atoms with Crippen molar-refractivity contribution in [2.24, 2.45) is 0 Å². The lowest BCUT2D eigenvalue weighted by atomic mass is 10.2. The van der Waals surface area contributed by atoms with Crippen molar-refractivity contribution in [3.05, 3.63) is 57.5 Å². The highest BCUT2D eigenvalue weighted by molar-refractivity contribution is 9.10. The van der Waals surface area contributed by atoms with E-state index in [1.54, 1.807) is 36.4 Å². The molecule has 1 N–H and O–H groups in total. The quantitative estimate of drug-likeness (QED) is 0.765. The Balaban J connectivity index is 2.22. The van der Waals surface area contributed by atoms with E-state index in [4.69, 9.17) is 11.6 Å². The third-order valence-corrected chi connectivity index (χ3v) is 3.93. The van der Waals surface area contributed by atoms with Gasteiger partial charge in [0.05, 0.1) is 10.6 Å². The number of halogens is 2. The van der Waals surface area contributed by atoms with Crippen LogP contribution < -0.4 is 5.32 Å². The van der Waals surface area contributed by atoms with E-state index >= 15 is 0 Å². The van der Waals surface area contributed by atoms with Crippen LogP contribution in [0.5, 0.6) is 0 Å². The van der Waals surface area contributed by atoms with Crippen LogP contribution in [-0.4, -0.2) is 5.91 Å². The zero-order valence-electron chi connectivity index (χ0n) is 9.15. The molecule has 2 aromatic rings. The Morgan fingerprint density at radius 1 is 1.22 bits per heavy atom. The van der Waals surface area contributed by atoms with E-state index in [0.29, 0.717) is 21.2 Å². The van der Waals surface area contributed by atoms with Crippen molar-refractivity contribution in [2.45, 2.75) is 4.90 Å². The molecule has 0 radical (unpaired) electrons. The van der Waals surface area contributed by atoms with E-state index in [1.807, 2.05) is 6.07 Å². The van der Waals surface area contributed by atoms with Crippen LogP contribution in [0.4, 0.5) is 5.69 Å². The van der Waals surface area contributed by atoms with Gasteiger partial charge < -0.3 is 5.32 Å². The molecule has 0 saturated carbocycles. The monoisotopic (exact) mass is 341 g/mol. The van der Waals surface area contributed by atoms with Gasteiger partial charge in [-0.3, -0.25) is 4.79 Å². The van der Waals surface area contributed by atoms with Gasteiger partial charge in [0, 0.05) is 15.1 Å². The topological polar surface area (TPSA) is 29.1 Å². The number of thiol groups is 1. The third kappa shape index (κ3) is 3.07. The van der Waals surface area contributed by atoms with Crippen LogP contribution in [0.3, 0.4) is 0 Å². The lowest BCUT2D eigenvalue weighted by molar-refractivity contribution is 0.102. The van der Waals surface area contributed by atoms with Gasteiger partial charge in [-0.25, -0.2) is 0 Å². The molecular formula is C13H9BrClNOS. The van der Waals surface area contributed by atoms with Gasteiger partial charge in [0.1, 0.15) is 0 Å². The Morgan fingerprint density at radius 2 is 1.94 bits per heavy atom. The summed E-state index contributed by atoms with van der Waals surface area (Å²) in [7, 11) is 0. The molecule has 0 aliphatic rings. The van der Waals surface area contributed by atoms with Crippen molar-refractivity contribution in [3.63, 3.8) is 0 Å². The van der Waals surface area contributed by atoms with Crippen LogP contribution in [-0.2, 0) is 0 Å². The molecule has 0 saturated heterocycles. The fraction of sp³-hybridized carbons (Fsp3) is 0. The zero-order valence-corrected chi connectivity index (χ0v) is 12.4. The van der Waals surface area contributed by atoms with Gasteiger partial charge in [0.2, 0.25) is 0 Å². The van der Waals surface area contributed by atoms with Crippen molar-refractivity contribution in [2.75, 3.05) is 5.32 Å². The number of hydrogen-bond donors (Lipinski definition) is 2. The third-order valence-electron chi connectivity index (χ3n) is 2.33. The predicted octanol–water partition coefficient (Wildman–Crippen LogP) is 4.64. The summed E-state index contributed by atoms with van der Waals surface area (Å²) in [6.07, 6.45) is 0. The number of rotatable bonds is 2. The van der Waals surface area contributed by atoms with Gasteiger partial charge >= 0.3 is 0 Å². The minimum absolute atomic E-state index is 0.199. The van der Waals surface area contributed by atoms with Crippen molar-refractivity contribution in [3.8, 4) is 0 Å². The molecule has 0 fully saturated rings. The number of carbonyl (C=O) groups excluding carboxylic acids is 1. The normalized spacial score (nSPS) is 10.2. The Morgan fingerprint density at radius 3 is 2.61 bits per heavy atom. The molecule has 92 valence electrons. The first kappa shape index (κ1) is 13.5. The van der Waals surface area contributed by atoms with Gasteiger partial charge in [-0.1, -0.05) is 23.7 Å². The molecule has 0 unspecified atom stereocenters. The molecule has 5 heteroatoms. The minimum atomic E-state index is -0.199. The van der Waals surface area contributed by atoms with Crippen molar-refractivity contribution in [1.82, 2.24) is 0 Å². The highest BCUT2D eigenvalue weighted by atomic mass is 79.9. The van der Waals surface area contributed by atoms with E-state index in [2.05, 4.69) is 33.9 Å². The van der Waals surface area contributed by atoms with Crippen LogP contribution in [0.2, 0.25) is 5.02 Å². The second kappa shape index (κ2) is 5.78. The molecule has 0 heterocycles. The number of benzene rings is 2. The Labute approximate surface area is 124 Å². The standard InChI is InChI=1S/C13H9BrClNOS/c14-10-7-8(5-6-11(10)15)16-13(17)9-3-1-2-4-12(9)18/h1-7,18H,(H,16,17). The van der Waals surface area contributed by atoms with Gasteiger partial charge in [-0.2, -0.15) is 0 Å². The number of amides is 1. The van der Waals surface area contributed by atoms with Crippen molar-refractivity contribution >= 4 is 51.8 Å². The number of anilines is 1. The van der Waals surface area contributed by atoms with Crippen LogP contribution in [0.1, 0.15) is 10.4 Å². The number of nitrogens with one attached hydrogen (secondary N) is 1. The molecular weight excluding hydrogens is 334 g/mol. The maximum Gasteiger partial charge on any atom is 0.256 e. The Kier molecular flexibility index (Phi) is 4.32. The average Bonchev–Trinajstić information content (AvgIpc) is 2.34. The van der Waals surface area contributed by atoms with Crippen LogP contribution in [0, 0.1) is 0 Å². The summed E-state index contributed by atoms with van der Waals surface area (Å²) in [5.74, 6) is -0.199. The molecule has 0 atom stereocenters. The molecule has 0 aromatic heterocycles. The first-order valence-electron chi connectivity index (χ1n) is 5.12. The summed E-state index contributed by atoms with van der Waals surface area (Å²) >= 11 is 13.4. The molecule has 2 rings (SSSR count). The zero-order chi connectivity index (χ0) is 13.1. The predicted molar refractivity (Wildman–Crippen MR) is 80.8 cm³/mol. The summed E-state index contributed by atoms with van der Waals surface area (Å²) in [5.41, 5.74) is 1.21. The molecule has 0 aliphatic heterocycles. The highest BCUT2D eigenvalue weighted by Gasteiger charge is 2.09. The number of carbonyl (C=O) groups is 1. The van der Waals surface area contributed by atoms with Gasteiger partial charge in [0.25, 0.3) is 5.91 Å². The summed E-state index contributed by atoms with van der Waals surface area (Å²) in [6.45, 7) is 0. The molecule has 18 heavy (non-hydrogen) atoms. The SMILES string of the molecule is O=C(Nc1ccc(Cl)c(Br)c1)c1ccccc1S. The smallest absolute Gasteiger partial charge is 0.256 e. The van der Waals surface area contributed by atoms with Crippen molar-refractivity contribution < 1.29 is 4.79 Å². The Hall–Kier alpha value is -0.970. The summed E-state index contributed by atoms with van der Waals surface area (Å²) in [4.78, 5) is 12.7. The molecule has 2 nitrogen and oxygen atoms in total. The maximum absolute atomic E-state index is 12.0. The first-order valence-corrected chi connectivity index (χ1v) is 6.74. The molecule has 1 amide bonds. The van der Waals surface area contributed by atoms with E-state index < -0.39 is 0 Å². The van der Waals surface area contributed by atoms with E-state index in [9.17, 15) is 4.79 Å². The Bertz CT molecular complexity index is 603. The molecule has 0 bridgehead atoms. The summed E-state index contributed by atoms with van der Waals surface area (Å²) < 4.78 is 0.737. The van der Waals surface area contributed by atoms with E-state index in [1.165, 1.54) is 0 Å². The minimum Gasteiger partial charge on any atom is -0.322 e. The average molecular weight is 343 g/mol. The molecule has 2 aromatic carbocycles. The van der Waals surface area contributed by atoms with E-state index in [0.717, 1.165) is 4.47 Å². The highest BCUT2D eigenvalue weighted by Crippen LogP contribution is 2.26. The summed E-state index contributed by atoms with van der Waals surface area (Å²) in [6, 6.07) is 12.3. The molecule has 0 aliphatic carbocycles. The second-order valence-electron chi connectivity index (χ2n) is 3.60. The van der Waals surface area contributed by atoms with Crippen LogP contribution >= 0.6 is 40.2 Å². The fourth-order valence-electron chi connectivity index (χ4n) is 1.44. The van der Waals surface area contributed by atoms with Crippen molar-refractivity contribution in [1.29, 1.82) is 0 Å². The van der Waals surface area contributed by atoms with Gasteiger partial charge in [0.15, 0.2) is 0 Å². The summed E-state index contributed by atoms with van der Waals surface area (Å²) in [5, 5.41) is 3.39. The first-order chi connectivity index (χ1) is 8.58. The maximum atomic E-state index is 12.0. The fourth-order valence-corrected chi connectivity index (χ4v) is 2.20.